The molecule has 0 fully saturated rings. The van der Waals surface area contributed by atoms with Crippen LogP contribution in [0.2, 0.25) is 5.02 Å². The maximum Gasteiger partial charge on any atom is 0.244 e. The van der Waals surface area contributed by atoms with Crippen molar-refractivity contribution in [3.63, 3.8) is 0 Å². The Hall–Kier alpha value is -2.85. The van der Waals surface area contributed by atoms with Crippen LogP contribution in [0.1, 0.15) is 5.69 Å². The van der Waals surface area contributed by atoms with Crippen molar-refractivity contribution in [1.82, 2.24) is 24.8 Å². The molecule has 0 aliphatic rings. The second-order valence-electron chi connectivity index (χ2n) is 5.75. The molecule has 0 atom stereocenters. The Bertz CT molecular complexity index is 1030. The first kappa shape index (κ1) is 19.9. The van der Waals surface area contributed by atoms with Gasteiger partial charge in [0.2, 0.25) is 16.5 Å². The predicted octanol–water partition coefficient (Wildman–Crippen LogP) is 1.96. The van der Waals surface area contributed by atoms with Gasteiger partial charge >= 0.3 is 0 Å². The lowest BCUT2D eigenvalue weighted by atomic mass is 10.3. The van der Waals surface area contributed by atoms with E-state index in [1.807, 2.05) is 0 Å². The molecule has 0 aliphatic carbocycles. The number of methoxy groups -OCH3 is 1. The number of benzene rings is 1. The van der Waals surface area contributed by atoms with Gasteiger partial charge in [0.05, 0.1) is 13.3 Å². The molecule has 2 heterocycles. The van der Waals surface area contributed by atoms with Crippen LogP contribution in [-0.4, -0.2) is 37.8 Å². The minimum Gasteiger partial charge on any atom is -0.491 e. The number of carbonyl (C=O) groups is 1. The van der Waals surface area contributed by atoms with Gasteiger partial charge in [-0.1, -0.05) is 23.4 Å². The predicted molar refractivity (Wildman–Crippen MR) is 106 cm³/mol. The van der Waals surface area contributed by atoms with Crippen molar-refractivity contribution < 1.29 is 9.53 Å². The minimum absolute atomic E-state index is 0.00618. The van der Waals surface area contributed by atoms with Crippen LogP contribution in [0.3, 0.4) is 0 Å². The number of hydrogen-bond donors (Lipinski definition) is 1. The Balaban J connectivity index is 1.79. The first-order valence-corrected chi connectivity index (χ1v) is 9.50. The molecule has 9 nitrogen and oxygen atoms in total. The van der Waals surface area contributed by atoms with Crippen LogP contribution < -0.4 is 15.5 Å². The number of thioether (sulfide) groups is 1. The Labute approximate surface area is 169 Å². The number of ether oxygens (including phenoxy) is 1. The summed E-state index contributed by atoms with van der Waals surface area (Å²) in [5, 5.41) is 15.2. The zero-order valence-electron chi connectivity index (χ0n) is 15.1. The molecule has 3 rings (SSSR count). The number of nitrogens with zero attached hydrogens (tertiary/aromatic N) is 5. The maximum atomic E-state index is 12.5. The molecule has 3 aromatic rings. The molecular formula is C17H17ClN6O3S. The third-order valence-electron chi connectivity index (χ3n) is 3.77. The second kappa shape index (κ2) is 8.89. The van der Waals surface area contributed by atoms with Gasteiger partial charge in [0.15, 0.2) is 5.75 Å². The summed E-state index contributed by atoms with van der Waals surface area (Å²) in [6, 6.07) is 8.26. The van der Waals surface area contributed by atoms with Gasteiger partial charge in [-0.05, 0) is 34.7 Å². The maximum absolute atomic E-state index is 12.5. The Kier molecular flexibility index (Phi) is 6.32. The number of amides is 1. The highest BCUT2D eigenvalue weighted by Gasteiger charge is 2.13. The molecule has 1 amide bonds. The van der Waals surface area contributed by atoms with Crippen LogP contribution in [0.4, 0.5) is 5.69 Å². The fourth-order valence-electron chi connectivity index (χ4n) is 2.39. The number of aryl methyl sites for hydroxylation is 1. The summed E-state index contributed by atoms with van der Waals surface area (Å²) in [7, 11) is 3.14. The van der Waals surface area contributed by atoms with Crippen molar-refractivity contribution in [2.24, 2.45) is 7.05 Å². The molecule has 0 bridgehead atoms. The summed E-state index contributed by atoms with van der Waals surface area (Å²) in [6.07, 6.45) is 1.52. The van der Waals surface area contributed by atoms with E-state index in [1.54, 1.807) is 35.9 Å². The first-order valence-electron chi connectivity index (χ1n) is 8.14. The lowest BCUT2D eigenvalue weighted by Crippen LogP contribution is -2.22. The summed E-state index contributed by atoms with van der Waals surface area (Å²) in [5.74, 6) is 0.315. The number of carbonyl (C=O) groups excluding carboxylic acids is 1. The Morgan fingerprint density at radius 1 is 1.32 bits per heavy atom. The number of halogens is 1. The number of tetrazole rings is 1. The third kappa shape index (κ3) is 4.90. The van der Waals surface area contributed by atoms with Crippen molar-refractivity contribution in [3.05, 3.63) is 57.5 Å². The lowest BCUT2D eigenvalue weighted by molar-refractivity contribution is -0.116. The van der Waals surface area contributed by atoms with Crippen molar-refractivity contribution in [2.45, 2.75) is 17.5 Å². The lowest BCUT2D eigenvalue weighted by Gasteiger charge is -2.14. The molecular weight excluding hydrogens is 404 g/mol. The van der Waals surface area contributed by atoms with Gasteiger partial charge < -0.3 is 14.6 Å². The molecule has 0 saturated heterocycles. The van der Waals surface area contributed by atoms with E-state index in [0.29, 0.717) is 27.3 Å². The van der Waals surface area contributed by atoms with E-state index in [9.17, 15) is 9.59 Å². The van der Waals surface area contributed by atoms with Crippen LogP contribution >= 0.6 is 23.4 Å². The number of aromatic nitrogens is 5. The SMILES string of the molecule is COc1cn(CC(=O)Nc2ccc(Cl)cc2)c(CSc2nnnn2C)cc1=O. The molecule has 0 radical (unpaired) electrons. The summed E-state index contributed by atoms with van der Waals surface area (Å²) in [6.45, 7) is 0.00618. The summed E-state index contributed by atoms with van der Waals surface area (Å²) >= 11 is 7.21. The van der Waals surface area contributed by atoms with Crippen LogP contribution in [-0.2, 0) is 24.1 Å². The Morgan fingerprint density at radius 3 is 2.71 bits per heavy atom. The molecule has 0 spiro atoms. The first-order chi connectivity index (χ1) is 13.5. The second-order valence-corrected chi connectivity index (χ2v) is 7.13. The van der Waals surface area contributed by atoms with Crippen LogP contribution in [0.5, 0.6) is 5.75 Å². The fourth-order valence-corrected chi connectivity index (χ4v) is 3.36. The van der Waals surface area contributed by atoms with E-state index < -0.39 is 0 Å². The highest BCUT2D eigenvalue weighted by molar-refractivity contribution is 7.98. The molecule has 1 N–H and O–H groups in total. The molecule has 1 aromatic carbocycles. The van der Waals surface area contributed by atoms with Gasteiger partial charge in [-0.15, -0.1) is 5.10 Å². The smallest absolute Gasteiger partial charge is 0.244 e. The monoisotopic (exact) mass is 420 g/mol. The number of rotatable bonds is 7. The number of pyridine rings is 1. The van der Waals surface area contributed by atoms with Gasteiger partial charge in [0.25, 0.3) is 0 Å². The topological polar surface area (TPSA) is 104 Å². The highest BCUT2D eigenvalue weighted by Crippen LogP contribution is 2.20. The molecule has 0 unspecified atom stereocenters. The van der Waals surface area contributed by atoms with Crippen LogP contribution in [0.25, 0.3) is 0 Å². The molecule has 0 aliphatic heterocycles. The largest absolute Gasteiger partial charge is 0.491 e. The van der Waals surface area contributed by atoms with Crippen molar-refractivity contribution in [1.29, 1.82) is 0 Å². The van der Waals surface area contributed by atoms with Gasteiger partial charge in [0.1, 0.15) is 6.54 Å². The van der Waals surface area contributed by atoms with Crippen molar-refractivity contribution >= 4 is 35.0 Å². The quantitative estimate of drug-likeness (QED) is 0.582. The summed E-state index contributed by atoms with van der Waals surface area (Å²) in [5.41, 5.74) is 1.01. The highest BCUT2D eigenvalue weighted by atomic mass is 35.5. The standard InChI is InChI=1S/C17H17ClN6O3S/c1-23-17(20-21-22-23)28-10-13-7-14(25)15(27-2)8-24(13)9-16(26)19-12-5-3-11(18)4-6-12/h3-8H,9-10H2,1-2H3,(H,19,26). The van der Waals surface area contributed by atoms with Crippen molar-refractivity contribution in [3.8, 4) is 5.75 Å². The van der Waals surface area contributed by atoms with Gasteiger partial charge in [0, 0.05) is 35.3 Å². The van der Waals surface area contributed by atoms with Gasteiger partial charge in [-0.3, -0.25) is 9.59 Å². The van der Waals surface area contributed by atoms with Gasteiger partial charge in [-0.25, -0.2) is 4.68 Å². The van der Waals surface area contributed by atoms with E-state index in [0.717, 1.165) is 0 Å². The third-order valence-corrected chi connectivity index (χ3v) is 5.07. The number of anilines is 1. The average molecular weight is 421 g/mol. The minimum atomic E-state index is -0.261. The Morgan fingerprint density at radius 2 is 2.07 bits per heavy atom. The average Bonchev–Trinajstić information content (AvgIpc) is 3.08. The van der Waals surface area contributed by atoms with Crippen molar-refractivity contribution in [2.75, 3.05) is 12.4 Å². The summed E-state index contributed by atoms with van der Waals surface area (Å²) < 4.78 is 8.30. The number of hydrogen-bond acceptors (Lipinski definition) is 7. The summed E-state index contributed by atoms with van der Waals surface area (Å²) in [4.78, 5) is 24.6. The molecule has 0 saturated carbocycles. The zero-order valence-corrected chi connectivity index (χ0v) is 16.7. The van der Waals surface area contributed by atoms with Crippen LogP contribution in [0, 0.1) is 0 Å². The zero-order chi connectivity index (χ0) is 20.1. The number of nitrogens with one attached hydrogen (secondary N) is 1. The van der Waals surface area contributed by atoms with E-state index in [-0.39, 0.29) is 23.6 Å². The van der Waals surface area contributed by atoms with E-state index in [2.05, 4.69) is 20.8 Å². The van der Waals surface area contributed by atoms with E-state index in [1.165, 1.54) is 35.8 Å². The molecule has 28 heavy (non-hydrogen) atoms. The molecule has 11 heteroatoms. The van der Waals surface area contributed by atoms with E-state index in [4.69, 9.17) is 16.3 Å². The van der Waals surface area contributed by atoms with E-state index >= 15 is 0 Å². The fraction of sp³-hybridized carbons (Fsp3) is 0.235. The molecule has 146 valence electrons. The van der Waals surface area contributed by atoms with Gasteiger partial charge in [-0.2, -0.15) is 0 Å². The molecule has 2 aromatic heterocycles. The van der Waals surface area contributed by atoms with Crippen LogP contribution in [0.15, 0.2) is 46.5 Å². The normalized spacial score (nSPS) is 10.7.